The molecular formula is C24H26N4O4. The van der Waals surface area contributed by atoms with E-state index in [9.17, 15) is 14.7 Å². The molecule has 1 amide bonds. The summed E-state index contributed by atoms with van der Waals surface area (Å²) < 4.78 is 5.24. The fourth-order valence-electron chi connectivity index (χ4n) is 2.97. The number of carboxylic acids is 1. The van der Waals surface area contributed by atoms with Crippen molar-refractivity contribution in [1.82, 2.24) is 9.97 Å². The maximum absolute atomic E-state index is 11.9. The smallest absolute Gasteiger partial charge is 0.412 e. The van der Waals surface area contributed by atoms with E-state index in [-0.39, 0.29) is 0 Å². The lowest BCUT2D eigenvalue weighted by atomic mass is 10.1. The van der Waals surface area contributed by atoms with E-state index in [1.165, 1.54) is 6.33 Å². The number of amides is 1. The minimum atomic E-state index is -0.966. The average Bonchev–Trinajstić information content (AvgIpc) is 2.73. The first kappa shape index (κ1) is 22.7. The van der Waals surface area contributed by atoms with Gasteiger partial charge in [0.1, 0.15) is 23.8 Å². The van der Waals surface area contributed by atoms with E-state index in [0.717, 1.165) is 11.1 Å². The fourth-order valence-corrected chi connectivity index (χ4v) is 2.97. The van der Waals surface area contributed by atoms with Crippen molar-refractivity contribution >= 4 is 23.6 Å². The van der Waals surface area contributed by atoms with Gasteiger partial charge in [0.05, 0.1) is 5.69 Å². The van der Waals surface area contributed by atoms with Crippen molar-refractivity contribution in [1.29, 1.82) is 0 Å². The molecule has 0 aliphatic carbocycles. The zero-order chi connectivity index (χ0) is 23.1. The van der Waals surface area contributed by atoms with Crippen molar-refractivity contribution in [3.63, 3.8) is 0 Å². The zero-order valence-corrected chi connectivity index (χ0v) is 18.2. The molecule has 166 valence electrons. The molecule has 0 radical (unpaired) electrons. The second-order valence-corrected chi connectivity index (χ2v) is 8.22. The molecule has 8 nitrogen and oxygen atoms in total. The Balaban J connectivity index is 1.69. The number of anilines is 2. The lowest BCUT2D eigenvalue weighted by molar-refractivity contribution is -0.137. The number of nitrogens with one attached hydrogen (secondary N) is 2. The number of ether oxygens (including phenoxy) is 1. The molecule has 3 rings (SSSR count). The standard InChI is InChI=1S/C24H26N4O4/c1-24(2,3)32-23(31)27-18-11-9-17(10-12-18)19-14-21(26-15-25-19)28-20(22(29)30)13-16-7-5-4-6-8-16/h4-12,14-15,20H,13H2,1-3H3,(H,27,31)(H,29,30)(H,25,26,28)/t20-/m0/s1. The van der Waals surface area contributed by atoms with Gasteiger partial charge in [0.2, 0.25) is 0 Å². The Morgan fingerprint density at radius 2 is 1.72 bits per heavy atom. The van der Waals surface area contributed by atoms with E-state index in [2.05, 4.69) is 20.6 Å². The molecule has 32 heavy (non-hydrogen) atoms. The minimum Gasteiger partial charge on any atom is -0.480 e. The van der Waals surface area contributed by atoms with Gasteiger partial charge in [-0.25, -0.2) is 19.6 Å². The monoisotopic (exact) mass is 434 g/mol. The highest BCUT2D eigenvalue weighted by Crippen LogP contribution is 2.22. The first-order valence-corrected chi connectivity index (χ1v) is 10.2. The van der Waals surface area contributed by atoms with Crippen LogP contribution in [0.2, 0.25) is 0 Å². The van der Waals surface area contributed by atoms with Gasteiger partial charge in [-0.15, -0.1) is 0 Å². The number of aromatic nitrogens is 2. The van der Waals surface area contributed by atoms with Crippen LogP contribution in [0.4, 0.5) is 16.3 Å². The van der Waals surface area contributed by atoms with Gasteiger partial charge in [-0.1, -0.05) is 42.5 Å². The summed E-state index contributed by atoms with van der Waals surface area (Å²) in [5.41, 5.74) is 2.33. The lowest BCUT2D eigenvalue weighted by Crippen LogP contribution is -2.31. The van der Waals surface area contributed by atoms with Crippen LogP contribution in [-0.4, -0.2) is 38.8 Å². The van der Waals surface area contributed by atoms with Crippen LogP contribution in [-0.2, 0) is 16.0 Å². The Morgan fingerprint density at radius 1 is 1.03 bits per heavy atom. The first-order valence-electron chi connectivity index (χ1n) is 10.2. The molecule has 1 aromatic heterocycles. The summed E-state index contributed by atoms with van der Waals surface area (Å²) in [5, 5.41) is 15.3. The van der Waals surface area contributed by atoms with E-state index in [1.807, 2.05) is 30.3 Å². The summed E-state index contributed by atoms with van der Waals surface area (Å²) >= 11 is 0. The molecule has 2 aromatic carbocycles. The second-order valence-electron chi connectivity index (χ2n) is 8.22. The third-order valence-electron chi connectivity index (χ3n) is 4.40. The van der Waals surface area contributed by atoms with E-state index in [1.54, 1.807) is 51.1 Å². The molecule has 3 aromatic rings. The van der Waals surface area contributed by atoms with Crippen molar-refractivity contribution in [2.75, 3.05) is 10.6 Å². The number of carboxylic acid groups (broad SMARTS) is 1. The maximum atomic E-state index is 11.9. The van der Waals surface area contributed by atoms with Crippen molar-refractivity contribution in [3.8, 4) is 11.3 Å². The van der Waals surface area contributed by atoms with E-state index in [0.29, 0.717) is 23.6 Å². The average molecular weight is 434 g/mol. The molecule has 0 spiro atoms. The Bertz CT molecular complexity index is 1060. The van der Waals surface area contributed by atoms with Crippen LogP contribution >= 0.6 is 0 Å². The Labute approximate surface area is 186 Å². The molecule has 0 fully saturated rings. The van der Waals surface area contributed by atoms with Gasteiger partial charge in [-0.3, -0.25) is 5.32 Å². The highest BCUT2D eigenvalue weighted by atomic mass is 16.6. The fraction of sp³-hybridized carbons (Fsp3) is 0.250. The van der Waals surface area contributed by atoms with E-state index < -0.39 is 23.7 Å². The molecule has 3 N–H and O–H groups in total. The van der Waals surface area contributed by atoms with Crippen molar-refractivity contribution in [3.05, 3.63) is 72.6 Å². The number of carbonyl (C=O) groups is 2. The van der Waals surface area contributed by atoms with Gasteiger partial charge >= 0.3 is 12.1 Å². The highest BCUT2D eigenvalue weighted by Gasteiger charge is 2.19. The van der Waals surface area contributed by atoms with Crippen molar-refractivity contribution in [2.24, 2.45) is 0 Å². The molecule has 0 aliphatic heterocycles. The van der Waals surface area contributed by atoms with Gasteiger partial charge in [0.15, 0.2) is 0 Å². The SMILES string of the molecule is CC(C)(C)OC(=O)Nc1ccc(-c2cc(N[C@@H](Cc3ccccc3)C(=O)O)ncn2)cc1. The lowest BCUT2D eigenvalue weighted by Gasteiger charge is -2.19. The van der Waals surface area contributed by atoms with Gasteiger partial charge in [0, 0.05) is 23.7 Å². The van der Waals surface area contributed by atoms with Crippen LogP contribution in [0.5, 0.6) is 0 Å². The Kier molecular flexibility index (Phi) is 7.04. The van der Waals surface area contributed by atoms with Gasteiger partial charge in [-0.2, -0.15) is 0 Å². The molecule has 0 aliphatic rings. The molecule has 0 saturated carbocycles. The minimum absolute atomic E-state index is 0.320. The quantitative estimate of drug-likeness (QED) is 0.498. The number of rotatable bonds is 7. The Hall–Kier alpha value is -3.94. The number of benzene rings is 2. The third kappa shape index (κ3) is 6.80. The Morgan fingerprint density at radius 3 is 2.34 bits per heavy atom. The third-order valence-corrected chi connectivity index (χ3v) is 4.40. The van der Waals surface area contributed by atoms with Crippen LogP contribution in [0.25, 0.3) is 11.3 Å². The van der Waals surface area contributed by atoms with Crippen LogP contribution in [0.15, 0.2) is 67.0 Å². The molecule has 0 unspecified atom stereocenters. The topological polar surface area (TPSA) is 113 Å². The predicted octanol–water partition coefficient (Wildman–Crippen LogP) is 4.60. The molecule has 8 heteroatoms. The van der Waals surface area contributed by atoms with Gasteiger partial charge in [-0.05, 0) is 38.5 Å². The molecule has 0 bridgehead atoms. The van der Waals surface area contributed by atoms with Crippen molar-refractivity contribution in [2.45, 2.75) is 38.8 Å². The summed E-state index contributed by atoms with van der Waals surface area (Å²) in [4.78, 5) is 32.1. The maximum Gasteiger partial charge on any atom is 0.412 e. The molecule has 0 saturated heterocycles. The first-order chi connectivity index (χ1) is 15.2. The van der Waals surface area contributed by atoms with Crippen molar-refractivity contribution < 1.29 is 19.4 Å². The predicted molar refractivity (Wildman–Crippen MR) is 123 cm³/mol. The van der Waals surface area contributed by atoms with Crippen LogP contribution in [0.3, 0.4) is 0 Å². The zero-order valence-electron chi connectivity index (χ0n) is 18.2. The summed E-state index contributed by atoms with van der Waals surface area (Å²) in [6.07, 6.45) is 1.17. The number of hydrogen-bond acceptors (Lipinski definition) is 6. The summed E-state index contributed by atoms with van der Waals surface area (Å²) in [7, 11) is 0. The van der Waals surface area contributed by atoms with Crippen LogP contribution < -0.4 is 10.6 Å². The number of carbonyl (C=O) groups excluding carboxylic acids is 1. The van der Waals surface area contributed by atoms with Gasteiger partial charge in [0.25, 0.3) is 0 Å². The normalized spacial score (nSPS) is 12.0. The highest BCUT2D eigenvalue weighted by molar-refractivity contribution is 5.85. The van der Waals surface area contributed by atoms with E-state index in [4.69, 9.17) is 4.74 Å². The van der Waals surface area contributed by atoms with Gasteiger partial charge < -0.3 is 15.2 Å². The number of hydrogen-bond donors (Lipinski definition) is 3. The molecule has 1 heterocycles. The number of aliphatic carboxylic acids is 1. The van der Waals surface area contributed by atoms with E-state index >= 15 is 0 Å². The van der Waals surface area contributed by atoms with Crippen LogP contribution in [0, 0.1) is 0 Å². The second kappa shape index (κ2) is 9.91. The summed E-state index contributed by atoms with van der Waals surface area (Å²) in [6.45, 7) is 5.39. The largest absolute Gasteiger partial charge is 0.480 e. The summed E-state index contributed by atoms with van der Waals surface area (Å²) in [5.74, 6) is -0.555. The molecular weight excluding hydrogens is 408 g/mol. The number of nitrogens with zero attached hydrogens (tertiary/aromatic N) is 2. The summed E-state index contributed by atoms with van der Waals surface area (Å²) in [6, 6.07) is 17.3. The molecule has 1 atom stereocenters. The van der Waals surface area contributed by atoms with Crippen LogP contribution in [0.1, 0.15) is 26.3 Å².